The van der Waals surface area contributed by atoms with Gasteiger partial charge in [0, 0.05) is 41.3 Å². The van der Waals surface area contributed by atoms with E-state index < -0.39 is 30.5 Å². The summed E-state index contributed by atoms with van der Waals surface area (Å²) in [6.07, 6.45) is 23.3. The molecule has 1 aromatic heterocycles. The fourth-order valence-corrected chi connectivity index (χ4v) is 9.73. The number of aliphatic hydroxyl groups excluding tert-OH is 1. The number of benzene rings is 1. The van der Waals surface area contributed by atoms with Crippen LogP contribution < -0.4 is 16.0 Å². The number of ether oxygens (including phenoxy) is 2. The monoisotopic (exact) mass is 806 g/mol. The number of fused-ring (bicyclic) bond motifs is 3. The second-order valence-corrected chi connectivity index (χ2v) is 17.5. The van der Waals surface area contributed by atoms with Crippen LogP contribution in [-0.2, 0) is 14.3 Å². The molecule has 0 radical (unpaired) electrons. The van der Waals surface area contributed by atoms with Crippen molar-refractivity contribution in [2.45, 2.75) is 109 Å². The number of carbonyl (C=O) groups excluding carboxylic acids is 3. The summed E-state index contributed by atoms with van der Waals surface area (Å²) < 4.78 is 9.65. The molecule has 3 aliphatic carbocycles. The Labute approximate surface area is 348 Å². The van der Waals surface area contributed by atoms with E-state index in [1.165, 1.54) is 36.6 Å². The lowest BCUT2D eigenvalue weighted by atomic mass is 9.74. The zero-order chi connectivity index (χ0) is 41.8. The van der Waals surface area contributed by atoms with E-state index in [9.17, 15) is 19.5 Å². The molecule has 3 heterocycles. The lowest BCUT2D eigenvalue weighted by molar-refractivity contribution is -0.127. The van der Waals surface area contributed by atoms with Crippen molar-refractivity contribution in [3.05, 3.63) is 94.8 Å². The Morgan fingerprint density at radius 1 is 0.932 bits per heavy atom. The van der Waals surface area contributed by atoms with Crippen LogP contribution >= 0.6 is 0 Å². The van der Waals surface area contributed by atoms with E-state index in [1.807, 2.05) is 38.8 Å². The van der Waals surface area contributed by atoms with Crippen molar-refractivity contribution in [1.82, 2.24) is 30.8 Å². The van der Waals surface area contributed by atoms with Gasteiger partial charge in [-0.25, -0.2) is 14.6 Å². The molecule has 1 aromatic carbocycles. The second-order valence-electron chi connectivity index (χ2n) is 17.5. The van der Waals surface area contributed by atoms with Gasteiger partial charge in [-0.05, 0) is 85.5 Å². The minimum atomic E-state index is -0.882. The molecule has 2 aliphatic heterocycles. The smallest absolute Gasteiger partial charge is 0.407 e. The number of nitrogens with zero attached hydrogens (tertiary/aromatic N) is 2. The second kappa shape index (κ2) is 18.5. The van der Waals surface area contributed by atoms with Crippen LogP contribution in [0.3, 0.4) is 0 Å². The minimum Gasteiger partial charge on any atom is -0.453 e. The third-order valence-corrected chi connectivity index (χ3v) is 13.0. The molecule has 59 heavy (non-hydrogen) atoms. The van der Waals surface area contributed by atoms with Gasteiger partial charge < -0.3 is 35.5 Å². The quantitative estimate of drug-likeness (QED) is 0.143. The van der Waals surface area contributed by atoms with Gasteiger partial charge in [0.25, 0.3) is 0 Å². The van der Waals surface area contributed by atoms with Gasteiger partial charge in [-0.3, -0.25) is 9.69 Å². The standard InChI is InChI=1S/C47H62N6O6/c1-27(2)41(51-46(56)58-5)43(54)34-12-9-11-31(25-34)37-13-7-8-14-38(49-37)32-18-20-35-29(23-32)16-17-30-24-33(19-21-36(30)35)39-26-48-44(50-39)40-15-10-22-53(40)45(55)42(28(3)4)52-47(57)59-6/h13-14,16-21,23-24,26-29,31,34-35,40-42,45,49,55H,7-12,15,22,25H2,1-6H3,(H,48,50)(H,51,56)(H,52,57)/t29?,31-,34?,35?,40+,41+,42+,45?/m1/s1. The maximum atomic E-state index is 13.7. The Bertz CT molecular complexity index is 2030. The molecule has 0 bridgehead atoms. The van der Waals surface area contributed by atoms with E-state index in [0.29, 0.717) is 6.54 Å². The largest absolute Gasteiger partial charge is 0.453 e. The normalized spacial score (nSPS) is 25.6. The first-order valence-electron chi connectivity index (χ1n) is 21.6. The van der Waals surface area contributed by atoms with E-state index in [-0.39, 0.29) is 47.3 Å². The number of rotatable bonds is 12. The lowest BCUT2D eigenvalue weighted by Gasteiger charge is -2.35. The number of imidazole rings is 1. The SMILES string of the molecule is COC(=O)N[C@@H](C(C)C)C(O)N1CCC[C@H]1c1ncc(-c2ccc3c(c2)C=CC2C=C(C4=CCCC=C([C@@H]5CCCC(C(=O)[C@@H](NC(=O)OC)C(C)C)C5)N4)C=CC32)[nH]1. The van der Waals surface area contributed by atoms with Crippen LogP contribution in [0.5, 0.6) is 0 Å². The molecule has 0 spiro atoms. The van der Waals surface area contributed by atoms with Crippen LogP contribution in [0.4, 0.5) is 9.59 Å². The maximum absolute atomic E-state index is 13.7. The number of aliphatic hydroxyl groups is 1. The highest BCUT2D eigenvalue weighted by Crippen LogP contribution is 2.43. The summed E-state index contributed by atoms with van der Waals surface area (Å²) in [5.74, 6) is 1.49. The van der Waals surface area contributed by atoms with Crippen molar-refractivity contribution in [3.8, 4) is 11.3 Å². The van der Waals surface area contributed by atoms with Gasteiger partial charge in [0.1, 0.15) is 12.1 Å². The number of aromatic nitrogens is 2. The van der Waals surface area contributed by atoms with Gasteiger partial charge in [-0.2, -0.15) is 0 Å². The molecule has 5 aliphatic rings. The molecular weight excluding hydrogens is 745 g/mol. The highest BCUT2D eigenvalue weighted by molar-refractivity contribution is 5.89. The van der Waals surface area contributed by atoms with E-state index in [4.69, 9.17) is 14.5 Å². The summed E-state index contributed by atoms with van der Waals surface area (Å²) in [6.45, 7) is 8.58. The van der Waals surface area contributed by atoms with Gasteiger partial charge in [-0.1, -0.05) is 88.8 Å². The predicted octanol–water partition coefficient (Wildman–Crippen LogP) is 8.04. The summed E-state index contributed by atoms with van der Waals surface area (Å²) >= 11 is 0. The number of likely N-dealkylation sites (tertiary alicyclic amines) is 1. The Kier molecular flexibility index (Phi) is 13.3. The van der Waals surface area contributed by atoms with Crippen LogP contribution in [0.2, 0.25) is 0 Å². The fourth-order valence-electron chi connectivity index (χ4n) is 9.73. The van der Waals surface area contributed by atoms with Crippen molar-refractivity contribution in [3.63, 3.8) is 0 Å². The first kappa shape index (κ1) is 42.2. The average molecular weight is 807 g/mol. The van der Waals surface area contributed by atoms with Crippen molar-refractivity contribution in [1.29, 1.82) is 0 Å². The predicted molar refractivity (Wildman–Crippen MR) is 229 cm³/mol. The molecule has 1 saturated carbocycles. The Morgan fingerprint density at radius 3 is 2.47 bits per heavy atom. The Hall–Kier alpha value is -4.94. The van der Waals surface area contributed by atoms with Gasteiger partial charge in [0.2, 0.25) is 0 Å². The van der Waals surface area contributed by atoms with E-state index in [0.717, 1.165) is 74.1 Å². The third-order valence-electron chi connectivity index (χ3n) is 13.0. The summed E-state index contributed by atoms with van der Waals surface area (Å²) in [5, 5.41) is 20.9. The number of Topliss-reactive ketones (excluding diaryl/α,β-unsaturated/α-hetero) is 1. The highest BCUT2D eigenvalue weighted by Gasteiger charge is 2.39. The van der Waals surface area contributed by atoms with Gasteiger partial charge in [0.15, 0.2) is 5.78 Å². The van der Waals surface area contributed by atoms with Crippen molar-refractivity contribution in [2.75, 3.05) is 20.8 Å². The first-order valence-corrected chi connectivity index (χ1v) is 21.6. The number of hydrogen-bond donors (Lipinski definition) is 5. The lowest BCUT2D eigenvalue weighted by Crippen LogP contribution is -2.54. The van der Waals surface area contributed by atoms with E-state index in [2.05, 4.69) is 81.7 Å². The van der Waals surface area contributed by atoms with Crippen molar-refractivity contribution in [2.24, 2.45) is 29.6 Å². The molecule has 7 rings (SSSR count). The Balaban J connectivity index is 1.01. The number of carbonyl (C=O) groups is 3. The molecule has 12 nitrogen and oxygen atoms in total. The van der Waals surface area contributed by atoms with Crippen LogP contribution in [0.1, 0.15) is 108 Å². The third kappa shape index (κ3) is 9.29. The van der Waals surface area contributed by atoms with Gasteiger partial charge in [0.05, 0.1) is 44.2 Å². The van der Waals surface area contributed by atoms with Crippen LogP contribution in [0.15, 0.2) is 77.8 Å². The molecule has 4 unspecified atom stereocenters. The zero-order valence-corrected chi connectivity index (χ0v) is 35.4. The molecule has 316 valence electrons. The molecule has 2 amide bonds. The van der Waals surface area contributed by atoms with Crippen LogP contribution in [0, 0.1) is 29.6 Å². The number of amides is 2. The number of methoxy groups -OCH3 is 2. The summed E-state index contributed by atoms with van der Waals surface area (Å²) in [7, 11) is 2.66. The van der Waals surface area contributed by atoms with E-state index in [1.54, 1.807) is 0 Å². The summed E-state index contributed by atoms with van der Waals surface area (Å²) in [6, 6.07) is 5.49. The summed E-state index contributed by atoms with van der Waals surface area (Å²) in [5.41, 5.74) is 7.97. The number of aromatic amines is 1. The van der Waals surface area contributed by atoms with Crippen molar-refractivity contribution < 1.29 is 29.0 Å². The molecule has 8 atom stereocenters. The van der Waals surface area contributed by atoms with Crippen LogP contribution in [0.25, 0.3) is 17.3 Å². The highest BCUT2D eigenvalue weighted by atomic mass is 16.5. The number of hydrogen-bond acceptors (Lipinski definition) is 9. The molecule has 5 N–H and O–H groups in total. The number of nitrogens with one attached hydrogen (secondary N) is 4. The van der Waals surface area contributed by atoms with Gasteiger partial charge in [-0.15, -0.1) is 0 Å². The van der Waals surface area contributed by atoms with Crippen LogP contribution in [-0.4, -0.2) is 77.0 Å². The Morgan fingerprint density at radius 2 is 1.71 bits per heavy atom. The summed E-state index contributed by atoms with van der Waals surface area (Å²) in [4.78, 5) is 48.2. The first-order chi connectivity index (χ1) is 28.4. The number of allylic oxidation sites excluding steroid dienone is 7. The minimum absolute atomic E-state index is 0.000396. The van der Waals surface area contributed by atoms with Gasteiger partial charge >= 0.3 is 12.2 Å². The van der Waals surface area contributed by atoms with Crippen molar-refractivity contribution >= 4 is 24.0 Å². The molecule has 12 heteroatoms. The molecular formula is C47H62N6O6. The number of H-pyrrole nitrogens is 1. The maximum Gasteiger partial charge on any atom is 0.407 e. The zero-order valence-electron chi connectivity index (χ0n) is 35.4. The topological polar surface area (TPSA) is 158 Å². The number of alkyl carbamates (subject to hydrolysis) is 2. The molecule has 1 saturated heterocycles. The fraction of sp³-hybridized carbons (Fsp3) is 0.532. The number of ketones is 1. The average Bonchev–Trinajstić information content (AvgIpc) is 3.88. The molecule has 2 fully saturated rings. The molecule has 2 aromatic rings. The van der Waals surface area contributed by atoms with E-state index >= 15 is 0 Å².